The third-order valence-electron chi connectivity index (χ3n) is 2.76. The van der Waals surface area contributed by atoms with E-state index >= 15 is 0 Å². The first-order valence-corrected chi connectivity index (χ1v) is 7.31. The Balaban J connectivity index is 2.09. The van der Waals surface area contributed by atoms with Crippen LogP contribution >= 0.6 is 0 Å². The minimum Gasteiger partial charge on any atom is -0.325 e. The average molecular weight is 291 g/mol. The fraction of sp³-hybridized carbons (Fsp3) is 0.133. The largest absolute Gasteiger partial charge is 0.325 e. The molecule has 104 valence electrons. The van der Waals surface area contributed by atoms with Crippen molar-refractivity contribution in [3.8, 4) is 0 Å². The lowest BCUT2D eigenvalue weighted by molar-refractivity contribution is -0.115. The number of hydrogen-bond donors (Lipinski definition) is 1. The van der Waals surface area contributed by atoms with Crippen LogP contribution in [-0.4, -0.2) is 15.4 Å². The van der Waals surface area contributed by atoms with Crippen LogP contribution in [0.2, 0.25) is 0 Å². The van der Waals surface area contributed by atoms with Crippen molar-refractivity contribution in [1.29, 1.82) is 0 Å². The van der Waals surface area contributed by atoms with Crippen molar-refractivity contribution < 1.29 is 13.4 Å². The number of amides is 1. The summed E-state index contributed by atoms with van der Waals surface area (Å²) in [4.78, 5) is 12.3. The molecule has 0 spiro atoms. The molecule has 0 fully saturated rings. The smallest absolute Gasteiger partial charge is 0.240 e. The minimum absolute atomic E-state index is 0.306. The van der Waals surface area contributed by atoms with Crippen molar-refractivity contribution in [2.24, 2.45) is 0 Å². The summed E-state index contributed by atoms with van der Waals surface area (Å²) in [6.07, 6.45) is 0. The Kier molecular flexibility index (Phi) is 4.63. The molecule has 0 saturated carbocycles. The normalized spacial score (nSPS) is 13.5. The second kappa shape index (κ2) is 6.43. The van der Waals surface area contributed by atoms with Crippen LogP contribution in [0.3, 0.4) is 0 Å². The number of anilines is 1. The van der Waals surface area contributed by atoms with E-state index in [1.165, 1.54) is 18.2 Å². The Morgan fingerprint density at radius 3 is 2.50 bits per heavy atom. The number of benzene rings is 2. The van der Waals surface area contributed by atoms with Gasteiger partial charge in [0.15, 0.2) is 0 Å². The summed E-state index contributed by atoms with van der Waals surface area (Å²) in [5.74, 6) is -0.828. The van der Waals surface area contributed by atoms with Crippen molar-refractivity contribution in [3.63, 3.8) is 0 Å². The zero-order valence-electron chi connectivity index (χ0n) is 10.9. The molecule has 2 atom stereocenters. The Morgan fingerprint density at radius 2 is 1.85 bits per heavy atom. The summed E-state index contributed by atoms with van der Waals surface area (Å²) in [7, 11) is -1.59. The Morgan fingerprint density at radius 1 is 1.15 bits per heavy atom. The second-order valence-electron chi connectivity index (χ2n) is 4.25. The van der Waals surface area contributed by atoms with Gasteiger partial charge in [-0.3, -0.25) is 9.00 Å². The molecule has 2 aromatic carbocycles. The number of hydrogen-bond acceptors (Lipinski definition) is 2. The van der Waals surface area contributed by atoms with Gasteiger partial charge < -0.3 is 5.32 Å². The van der Waals surface area contributed by atoms with Crippen molar-refractivity contribution in [2.75, 3.05) is 5.32 Å². The number of para-hydroxylation sites is 1. The summed E-state index contributed by atoms with van der Waals surface area (Å²) in [6.45, 7) is 1.55. The van der Waals surface area contributed by atoms with E-state index in [1.54, 1.807) is 37.3 Å². The molecule has 3 nitrogen and oxygen atoms in total. The van der Waals surface area contributed by atoms with Gasteiger partial charge in [0.25, 0.3) is 0 Å². The van der Waals surface area contributed by atoms with Gasteiger partial charge in [0, 0.05) is 10.6 Å². The van der Waals surface area contributed by atoms with Crippen LogP contribution in [0.15, 0.2) is 59.5 Å². The third kappa shape index (κ3) is 3.51. The number of halogens is 1. The second-order valence-corrected chi connectivity index (χ2v) is 6.03. The summed E-state index contributed by atoms with van der Waals surface area (Å²) in [6, 6.07) is 14.4. The molecule has 20 heavy (non-hydrogen) atoms. The van der Waals surface area contributed by atoms with Crippen LogP contribution in [-0.2, 0) is 15.6 Å². The zero-order valence-corrected chi connectivity index (χ0v) is 11.7. The highest BCUT2D eigenvalue weighted by atomic mass is 32.2. The van der Waals surface area contributed by atoms with E-state index in [-0.39, 0.29) is 5.91 Å². The maximum atomic E-state index is 13.1. The topological polar surface area (TPSA) is 46.2 Å². The summed E-state index contributed by atoms with van der Waals surface area (Å²) < 4.78 is 25.3. The fourth-order valence-electron chi connectivity index (χ4n) is 1.66. The average Bonchev–Trinajstić information content (AvgIpc) is 2.46. The van der Waals surface area contributed by atoms with E-state index in [1.807, 2.05) is 6.07 Å². The maximum absolute atomic E-state index is 13.1. The van der Waals surface area contributed by atoms with E-state index in [2.05, 4.69) is 5.32 Å². The molecule has 0 saturated heterocycles. The van der Waals surface area contributed by atoms with Crippen molar-refractivity contribution >= 4 is 22.4 Å². The molecule has 0 bridgehead atoms. The molecule has 2 rings (SSSR count). The van der Waals surface area contributed by atoms with Gasteiger partial charge in [-0.05, 0) is 37.3 Å². The van der Waals surface area contributed by atoms with Crippen LogP contribution < -0.4 is 5.32 Å². The molecule has 2 aromatic rings. The highest BCUT2D eigenvalue weighted by Crippen LogP contribution is 2.14. The van der Waals surface area contributed by atoms with Gasteiger partial charge in [0.05, 0.1) is 10.8 Å². The highest BCUT2D eigenvalue weighted by molar-refractivity contribution is 7.86. The van der Waals surface area contributed by atoms with Gasteiger partial charge >= 0.3 is 0 Å². The van der Waals surface area contributed by atoms with E-state index in [0.717, 1.165) is 0 Å². The van der Waals surface area contributed by atoms with Crippen LogP contribution in [0.5, 0.6) is 0 Å². The molecule has 5 heteroatoms. The maximum Gasteiger partial charge on any atom is 0.240 e. The lowest BCUT2D eigenvalue weighted by Crippen LogP contribution is -2.29. The Bertz CT molecular complexity index is 631. The number of nitrogens with one attached hydrogen (secondary N) is 1. The predicted octanol–water partition coefficient (Wildman–Crippen LogP) is 2.96. The van der Waals surface area contributed by atoms with Crippen molar-refractivity contribution in [3.05, 3.63) is 60.4 Å². The van der Waals surface area contributed by atoms with Gasteiger partial charge in [-0.25, -0.2) is 4.39 Å². The molecule has 1 N–H and O–H groups in total. The van der Waals surface area contributed by atoms with Gasteiger partial charge in [-0.15, -0.1) is 0 Å². The first kappa shape index (κ1) is 14.4. The quantitative estimate of drug-likeness (QED) is 0.941. The predicted molar refractivity (Wildman–Crippen MR) is 77.3 cm³/mol. The van der Waals surface area contributed by atoms with E-state index in [4.69, 9.17) is 0 Å². The molecule has 0 heterocycles. The molecular formula is C15H14FNO2S. The van der Waals surface area contributed by atoms with Gasteiger partial charge in [-0.1, -0.05) is 24.3 Å². The van der Waals surface area contributed by atoms with Gasteiger partial charge in [0.1, 0.15) is 11.1 Å². The first-order valence-electron chi connectivity index (χ1n) is 6.10. The number of rotatable bonds is 4. The molecule has 0 radical (unpaired) electrons. The lowest BCUT2D eigenvalue weighted by Gasteiger charge is -2.12. The molecule has 0 aliphatic carbocycles. The summed E-state index contributed by atoms with van der Waals surface area (Å²) in [5, 5.41) is 1.91. The lowest BCUT2D eigenvalue weighted by atomic mass is 10.3. The zero-order chi connectivity index (χ0) is 14.5. The van der Waals surface area contributed by atoms with E-state index in [9.17, 15) is 13.4 Å². The Hall–Kier alpha value is -2.01. The molecule has 0 aliphatic heterocycles. The summed E-state index contributed by atoms with van der Waals surface area (Å²) in [5.41, 5.74) is 0.639. The number of carbonyl (C=O) groups excluding carboxylic acids is 1. The highest BCUT2D eigenvalue weighted by Gasteiger charge is 2.21. The van der Waals surface area contributed by atoms with E-state index in [0.29, 0.717) is 10.6 Å². The summed E-state index contributed by atoms with van der Waals surface area (Å²) >= 11 is 0. The molecular weight excluding hydrogens is 277 g/mol. The third-order valence-corrected chi connectivity index (χ3v) is 4.33. The van der Waals surface area contributed by atoms with E-state index < -0.39 is 21.9 Å². The number of carbonyl (C=O) groups is 1. The van der Waals surface area contributed by atoms with Crippen LogP contribution in [0.4, 0.5) is 10.1 Å². The molecule has 1 amide bonds. The van der Waals surface area contributed by atoms with Crippen molar-refractivity contribution in [2.45, 2.75) is 17.1 Å². The minimum atomic E-state index is -1.59. The van der Waals surface area contributed by atoms with Gasteiger partial charge in [-0.2, -0.15) is 0 Å². The van der Waals surface area contributed by atoms with Crippen LogP contribution in [0, 0.1) is 5.82 Å². The van der Waals surface area contributed by atoms with Crippen LogP contribution in [0.25, 0.3) is 0 Å². The molecule has 0 aromatic heterocycles. The Labute approximate surface area is 119 Å². The van der Waals surface area contributed by atoms with Crippen molar-refractivity contribution in [1.82, 2.24) is 0 Å². The standard InChI is InChI=1S/C15H14FNO2S/c1-11(15(18)17-13-7-3-2-4-8-13)20(19)14-9-5-6-12(16)10-14/h2-11H,1H3,(H,17,18). The molecule has 0 aliphatic rings. The first-order chi connectivity index (χ1) is 9.58. The van der Waals surface area contributed by atoms with Gasteiger partial charge in [0.2, 0.25) is 5.91 Å². The molecule has 2 unspecified atom stereocenters. The van der Waals surface area contributed by atoms with Crippen LogP contribution in [0.1, 0.15) is 6.92 Å². The fourth-order valence-corrected chi connectivity index (χ4v) is 2.76. The SMILES string of the molecule is CC(C(=O)Nc1ccccc1)S(=O)c1cccc(F)c1. The monoisotopic (exact) mass is 291 g/mol.